The summed E-state index contributed by atoms with van der Waals surface area (Å²) < 4.78 is 0. The van der Waals surface area contributed by atoms with Crippen molar-refractivity contribution in [2.24, 2.45) is 0 Å². The Labute approximate surface area is 139 Å². The monoisotopic (exact) mass is 306 g/mol. The molecule has 0 unspecified atom stereocenters. The lowest BCUT2D eigenvalue weighted by Gasteiger charge is -2.31. The van der Waals surface area contributed by atoms with Gasteiger partial charge in [0.25, 0.3) is 0 Å². The maximum absolute atomic E-state index is 3.51. The van der Waals surface area contributed by atoms with Crippen molar-refractivity contribution < 1.29 is 0 Å². The summed E-state index contributed by atoms with van der Waals surface area (Å²) in [5.74, 6) is 0.592. The van der Waals surface area contributed by atoms with Crippen LogP contribution in [0.5, 0.6) is 0 Å². The Kier molecular flexibility index (Phi) is 3.86. The summed E-state index contributed by atoms with van der Waals surface area (Å²) in [6, 6.07) is 16.5. The second-order valence-electron chi connectivity index (χ2n) is 6.85. The van der Waals surface area contributed by atoms with E-state index in [0.717, 1.165) is 25.9 Å². The molecule has 2 heterocycles. The maximum atomic E-state index is 3.51. The van der Waals surface area contributed by atoms with Gasteiger partial charge in [-0.2, -0.15) is 0 Å². The largest absolute Gasteiger partial charge is 0.337 e. The first-order chi connectivity index (χ1) is 11.3. The standard InChI is InChI=1S/C21H26N2/c1-3-22-14-13-19-15(2)18-9-6-8-17-12-11-16-7-4-5-10-20(16)23(19)21(17)18/h4-10,15,19,22H,3,11-14H2,1-2H3/t15-,19+/m0/s1. The Morgan fingerprint density at radius 3 is 2.70 bits per heavy atom. The average molecular weight is 306 g/mol. The molecule has 0 spiro atoms. The van der Waals surface area contributed by atoms with E-state index in [4.69, 9.17) is 0 Å². The number of hydrogen-bond acceptors (Lipinski definition) is 2. The molecule has 0 amide bonds. The van der Waals surface area contributed by atoms with E-state index in [0.29, 0.717) is 12.0 Å². The van der Waals surface area contributed by atoms with Gasteiger partial charge in [0.1, 0.15) is 0 Å². The third kappa shape index (κ3) is 2.36. The zero-order chi connectivity index (χ0) is 15.8. The topological polar surface area (TPSA) is 15.3 Å². The molecule has 2 aromatic rings. The molecule has 2 aliphatic heterocycles. The van der Waals surface area contributed by atoms with Gasteiger partial charge in [0.15, 0.2) is 0 Å². The zero-order valence-electron chi connectivity index (χ0n) is 14.2. The smallest absolute Gasteiger partial charge is 0.0482 e. The molecule has 0 aromatic heterocycles. The highest BCUT2D eigenvalue weighted by molar-refractivity contribution is 5.78. The summed E-state index contributed by atoms with van der Waals surface area (Å²) in [5.41, 5.74) is 7.50. The van der Waals surface area contributed by atoms with Gasteiger partial charge in [0.2, 0.25) is 0 Å². The van der Waals surface area contributed by atoms with Crippen LogP contribution in [0.1, 0.15) is 42.9 Å². The molecule has 0 aliphatic carbocycles. The van der Waals surface area contributed by atoms with Crippen LogP contribution in [0, 0.1) is 0 Å². The van der Waals surface area contributed by atoms with Crippen molar-refractivity contribution in [3.63, 3.8) is 0 Å². The molecule has 0 radical (unpaired) electrons. The van der Waals surface area contributed by atoms with Crippen molar-refractivity contribution in [1.82, 2.24) is 5.32 Å². The van der Waals surface area contributed by atoms with Crippen molar-refractivity contribution in [3.8, 4) is 0 Å². The first-order valence-electron chi connectivity index (χ1n) is 9.01. The maximum Gasteiger partial charge on any atom is 0.0482 e. The molecule has 2 aliphatic rings. The number of para-hydroxylation sites is 2. The van der Waals surface area contributed by atoms with E-state index in [2.05, 4.69) is 66.5 Å². The van der Waals surface area contributed by atoms with Gasteiger partial charge in [0, 0.05) is 23.3 Å². The lowest BCUT2D eigenvalue weighted by atomic mass is 9.92. The minimum Gasteiger partial charge on any atom is -0.337 e. The highest BCUT2D eigenvalue weighted by Gasteiger charge is 2.39. The summed E-state index contributed by atoms with van der Waals surface area (Å²) in [4.78, 5) is 2.66. The lowest BCUT2D eigenvalue weighted by Crippen LogP contribution is -2.33. The van der Waals surface area contributed by atoms with Gasteiger partial charge < -0.3 is 10.2 Å². The van der Waals surface area contributed by atoms with Crippen molar-refractivity contribution in [2.75, 3.05) is 18.0 Å². The van der Waals surface area contributed by atoms with E-state index < -0.39 is 0 Å². The summed E-state index contributed by atoms with van der Waals surface area (Å²) >= 11 is 0. The predicted molar refractivity (Wildman–Crippen MR) is 97.8 cm³/mol. The van der Waals surface area contributed by atoms with E-state index in [1.165, 1.54) is 28.9 Å². The van der Waals surface area contributed by atoms with Crippen molar-refractivity contribution in [1.29, 1.82) is 0 Å². The van der Waals surface area contributed by atoms with E-state index in [-0.39, 0.29) is 0 Å². The average Bonchev–Trinajstić information content (AvgIpc) is 2.76. The lowest BCUT2D eigenvalue weighted by molar-refractivity contribution is 0.524. The van der Waals surface area contributed by atoms with Crippen LogP contribution in [0.3, 0.4) is 0 Å². The molecule has 23 heavy (non-hydrogen) atoms. The molecule has 2 aromatic carbocycles. The molecule has 2 nitrogen and oxygen atoms in total. The van der Waals surface area contributed by atoms with Crippen LogP contribution in [0.25, 0.3) is 0 Å². The summed E-state index contributed by atoms with van der Waals surface area (Å²) in [6.45, 7) is 6.74. The Morgan fingerprint density at radius 2 is 1.83 bits per heavy atom. The van der Waals surface area contributed by atoms with E-state index >= 15 is 0 Å². The normalized spacial score (nSPS) is 21.7. The van der Waals surface area contributed by atoms with Crippen LogP contribution in [0.15, 0.2) is 42.5 Å². The summed E-state index contributed by atoms with van der Waals surface area (Å²) in [7, 11) is 0. The van der Waals surface area contributed by atoms with Crippen LogP contribution in [0.4, 0.5) is 11.4 Å². The van der Waals surface area contributed by atoms with Crippen LogP contribution in [0.2, 0.25) is 0 Å². The van der Waals surface area contributed by atoms with E-state index in [9.17, 15) is 0 Å². The fourth-order valence-electron chi connectivity index (χ4n) is 4.40. The Balaban J connectivity index is 1.82. The fourth-order valence-corrected chi connectivity index (χ4v) is 4.40. The van der Waals surface area contributed by atoms with Crippen molar-refractivity contribution >= 4 is 11.4 Å². The molecule has 1 N–H and O–H groups in total. The quantitative estimate of drug-likeness (QED) is 0.842. The van der Waals surface area contributed by atoms with Crippen LogP contribution in [-0.2, 0) is 12.8 Å². The summed E-state index contributed by atoms with van der Waals surface area (Å²) in [5, 5.41) is 3.51. The molecular weight excluding hydrogens is 280 g/mol. The SMILES string of the molecule is CCNCC[C@@H]1[C@@H](C)c2cccc3c2N1c1ccccc1CC3. The first kappa shape index (κ1) is 14.8. The minimum absolute atomic E-state index is 0.560. The van der Waals surface area contributed by atoms with Crippen LogP contribution < -0.4 is 10.2 Å². The molecule has 120 valence electrons. The van der Waals surface area contributed by atoms with Gasteiger partial charge in [-0.15, -0.1) is 0 Å². The third-order valence-corrected chi connectivity index (χ3v) is 5.57. The Morgan fingerprint density at radius 1 is 1.04 bits per heavy atom. The number of nitrogens with zero attached hydrogens (tertiary/aromatic N) is 1. The molecular formula is C21H26N2. The molecule has 0 fully saturated rings. The molecule has 0 bridgehead atoms. The Hall–Kier alpha value is -1.80. The first-order valence-corrected chi connectivity index (χ1v) is 9.01. The van der Waals surface area contributed by atoms with Crippen molar-refractivity contribution in [3.05, 3.63) is 59.2 Å². The highest BCUT2D eigenvalue weighted by atomic mass is 15.2. The highest BCUT2D eigenvalue weighted by Crippen LogP contribution is 2.50. The molecule has 2 atom stereocenters. The number of hydrogen-bond donors (Lipinski definition) is 1. The second kappa shape index (κ2) is 6.01. The van der Waals surface area contributed by atoms with Crippen LogP contribution in [-0.4, -0.2) is 19.1 Å². The van der Waals surface area contributed by atoms with Crippen molar-refractivity contribution in [2.45, 2.75) is 45.1 Å². The van der Waals surface area contributed by atoms with Gasteiger partial charge >= 0.3 is 0 Å². The minimum atomic E-state index is 0.560. The number of aryl methyl sites for hydroxylation is 2. The molecule has 4 rings (SSSR count). The number of nitrogens with one attached hydrogen (secondary N) is 1. The van der Waals surface area contributed by atoms with Gasteiger partial charge in [0.05, 0.1) is 0 Å². The fraction of sp³-hybridized carbons (Fsp3) is 0.429. The van der Waals surface area contributed by atoms with Gasteiger partial charge in [-0.1, -0.05) is 50.2 Å². The van der Waals surface area contributed by atoms with E-state index in [1.807, 2.05) is 0 Å². The van der Waals surface area contributed by atoms with Gasteiger partial charge in [-0.25, -0.2) is 0 Å². The molecule has 2 heteroatoms. The zero-order valence-corrected chi connectivity index (χ0v) is 14.2. The number of benzene rings is 2. The second-order valence-corrected chi connectivity index (χ2v) is 6.85. The number of rotatable bonds is 4. The summed E-state index contributed by atoms with van der Waals surface area (Å²) in [6.07, 6.45) is 3.50. The van der Waals surface area contributed by atoms with Crippen LogP contribution >= 0.6 is 0 Å². The Bertz CT molecular complexity index is 707. The number of fused-ring (bicyclic) bond motifs is 2. The predicted octanol–water partition coefficient (Wildman–Crippen LogP) is 4.41. The molecule has 0 saturated heterocycles. The van der Waals surface area contributed by atoms with Gasteiger partial charge in [-0.05, 0) is 55.1 Å². The number of anilines is 2. The van der Waals surface area contributed by atoms with E-state index in [1.54, 1.807) is 5.56 Å². The molecule has 0 saturated carbocycles. The third-order valence-electron chi connectivity index (χ3n) is 5.57. The van der Waals surface area contributed by atoms with Gasteiger partial charge in [-0.3, -0.25) is 0 Å².